The van der Waals surface area contributed by atoms with E-state index in [2.05, 4.69) is 0 Å². The fourth-order valence-corrected chi connectivity index (χ4v) is 3.79. The van der Waals surface area contributed by atoms with Crippen LogP contribution in [0, 0.1) is 12.3 Å². The molecule has 0 N–H and O–H groups in total. The molecule has 168 valence electrons. The van der Waals surface area contributed by atoms with Gasteiger partial charge >= 0.3 is 0 Å². The lowest BCUT2D eigenvalue weighted by molar-refractivity contribution is -0.147. The van der Waals surface area contributed by atoms with Gasteiger partial charge in [0.15, 0.2) is 0 Å². The molecule has 0 spiro atoms. The summed E-state index contributed by atoms with van der Waals surface area (Å²) in [6, 6.07) is 13.7. The molecule has 1 aliphatic heterocycles. The van der Waals surface area contributed by atoms with Crippen LogP contribution in [0.15, 0.2) is 46.9 Å². The summed E-state index contributed by atoms with van der Waals surface area (Å²) >= 11 is 0. The second kappa shape index (κ2) is 10.1. The Morgan fingerprint density at radius 1 is 1.03 bits per heavy atom. The highest BCUT2D eigenvalue weighted by Crippen LogP contribution is 2.21. The fraction of sp³-hybridized carbons (Fsp3) is 0.520. The van der Waals surface area contributed by atoms with Crippen molar-refractivity contribution in [3.63, 3.8) is 0 Å². The van der Waals surface area contributed by atoms with Gasteiger partial charge in [-0.1, -0.05) is 51.1 Å². The maximum Gasteiger partial charge on any atom is 0.242 e. The van der Waals surface area contributed by atoms with Crippen molar-refractivity contribution in [2.24, 2.45) is 5.41 Å². The average Bonchev–Trinajstić information content (AvgIpc) is 3.38. The van der Waals surface area contributed by atoms with Crippen LogP contribution in [-0.4, -0.2) is 47.4 Å². The maximum atomic E-state index is 13.4. The molecule has 3 rings (SSSR count). The van der Waals surface area contributed by atoms with Crippen LogP contribution < -0.4 is 0 Å². The average molecular weight is 427 g/mol. The molecule has 1 aromatic carbocycles. The second-order valence-electron chi connectivity index (χ2n) is 9.32. The highest BCUT2D eigenvalue weighted by Gasteiger charge is 2.32. The molecular weight excluding hydrogens is 392 g/mol. The van der Waals surface area contributed by atoms with E-state index in [-0.39, 0.29) is 24.5 Å². The Morgan fingerprint density at radius 3 is 2.35 bits per heavy atom. The third-order valence-electron chi connectivity index (χ3n) is 5.41. The van der Waals surface area contributed by atoms with Crippen LogP contribution in [0.1, 0.15) is 50.7 Å². The van der Waals surface area contributed by atoms with E-state index >= 15 is 0 Å². The van der Waals surface area contributed by atoms with Crippen molar-refractivity contribution in [3.05, 3.63) is 59.5 Å². The SMILES string of the molecule is Cc1ccc(CN(Cc2ccccc2)C(=O)CN(CC2CCCO2)C(=O)C(C)(C)C)o1. The van der Waals surface area contributed by atoms with Crippen molar-refractivity contribution in [2.45, 2.75) is 59.7 Å². The molecule has 1 fully saturated rings. The van der Waals surface area contributed by atoms with E-state index < -0.39 is 5.41 Å². The van der Waals surface area contributed by atoms with Crippen LogP contribution in [0.3, 0.4) is 0 Å². The van der Waals surface area contributed by atoms with E-state index in [0.29, 0.717) is 26.2 Å². The number of hydrogen-bond acceptors (Lipinski definition) is 4. The van der Waals surface area contributed by atoms with Crippen molar-refractivity contribution in [3.8, 4) is 0 Å². The molecule has 0 saturated carbocycles. The molecule has 2 heterocycles. The standard InChI is InChI=1S/C25H34N2O4/c1-19-12-13-22(31-19)17-26(15-20-9-6-5-7-10-20)23(28)18-27(24(29)25(2,3)4)16-21-11-8-14-30-21/h5-7,9-10,12-13,21H,8,11,14-18H2,1-4H3. The Balaban J connectivity index is 1.78. The summed E-state index contributed by atoms with van der Waals surface area (Å²) in [5.41, 5.74) is 0.466. The van der Waals surface area contributed by atoms with E-state index in [4.69, 9.17) is 9.15 Å². The van der Waals surface area contributed by atoms with E-state index in [1.165, 1.54) is 0 Å². The molecule has 1 unspecified atom stereocenters. The molecule has 1 atom stereocenters. The third-order valence-corrected chi connectivity index (χ3v) is 5.41. The zero-order valence-corrected chi connectivity index (χ0v) is 19.1. The van der Waals surface area contributed by atoms with Crippen molar-refractivity contribution in [2.75, 3.05) is 19.7 Å². The van der Waals surface area contributed by atoms with E-state index in [0.717, 1.165) is 29.9 Å². The largest absolute Gasteiger partial charge is 0.464 e. The highest BCUT2D eigenvalue weighted by atomic mass is 16.5. The van der Waals surface area contributed by atoms with Gasteiger partial charge in [0.1, 0.15) is 11.5 Å². The number of carbonyl (C=O) groups is 2. The summed E-state index contributed by atoms with van der Waals surface area (Å²) in [4.78, 5) is 30.0. The van der Waals surface area contributed by atoms with Gasteiger partial charge in [-0.3, -0.25) is 9.59 Å². The molecular formula is C25H34N2O4. The summed E-state index contributed by atoms with van der Waals surface area (Å²) in [5, 5.41) is 0. The van der Waals surface area contributed by atoms with Gasteiger partial charge in [-0.15, -0.1) is 0 Å². The Morgan fingerprint density at radius 2 is 1.77 bits per heavy atom. The summed E-state index contributed by atoms with van der Waals surface area (Å²) < 4.78 is 11.5. The zero-order chi connectivity index (χ0) is 22.4. The summed E-state index contributed by atoms with van der Waals surface area (Å²) in [6.07, 6.45) is 1.91. The third kappa shape index (κ3) is 6.69. The molecule has 0 aliphatic carbocycles. The molecule has 0 bridgehead atoms. The molecule has 6 nitrogen and oxygen atoms in total. The maximum absolute atomic E-state index is 13.4. The van der Waals surface area contributed by atoms with Crippen LogP contribution >= 0.6 is 0 Å². The van der Waals surface area contributed by atoms with Crippen LogP contribution in [0.2, 0.25) is 0 Å². The van der Waals surface area contributed by atoms with Gasteiger partial charge in [0.2, 0.25) is 11.8 Å². The van der Waals surface area contributed by atoms with E-state index in [1.807, 2.05) is 70.2 Å². The quantitative estimate of drug-likeness (QED) is 0.636. The number of hydrogen-bond donors (Lipinski definition) is 0. The number of benzene rings is 1. The first kappa shape index (κ1) is 23.1. The number of carbonyl (C=O) groups excluding carboxylic acids is 2. The normalized spacial score (nSPS) is 16.3. The lowest BCUT2D eigenvalue weighted by atomic mass is 9.94. The monoisotopic (exact) mass is 426 g/mol. The van der Waals surface area contributed by atoms with Crippen molar-refractivity contribution < 1.29 is 18.7 Å². The van der Waals surface area contributed by atoms with Gasteiger partial charge in [0.05, 0.1) is 19.2 Å². The van der Waals surface area contributed by atoms with Crippen LogP contribution in [-0.2, 0) is 27.4 Å². The van der Waals surface area contributed by atoms with E-state index in [1.54, 1.807) is 9.80 Å². The number of aryl methyl sites for hydroxylation is 1. The fourth-order valence-electron chi connectivity index (χ4n) is 3.79. The lowest BCUT2D eigenvalue weighted by Crippen LogP contribution is -2.48. The van der Waals surface area contributed by atoms with Crippen molar-refractivity contribution >= 4 is 11.8 Å². The number of furan rings is 1. The first-order valence-electron chi connectivity index (χ1n) is 11.0. The highest BCUT2D eigenvalue weighted by molar-refractivity contribution is 5.87. The van der Waals surface area contributed by atoms with Crippen molar-refractivity contribution in [1.82, 2.24) is 9.80 Å². The summed E-state index contributed by atoms with van der Waals surface area (Å²) in [5.74, 6) is 1.40. The molecule has 0 radical (unpaired) electrons. The Hall–Kier alpha value is -2.60. The second-order valence-corrected chi connectivity index (χ2v) is 9.32. The summed E-state index contributed by atoms with van der Waals surface area (Å²) in [6.45, 7) is 9.55. The van der Waals surface area contributed by atoms with Gasteiger partial charge in [-0.25, -0.2) is 0 Å². The Labute approximate surface area is 185 Å². The topological polar surface area (TPSA) is 63.0 Å². The minimum atomic E-state index is -0.568. The molecule has 1 aromatic heterocycles. The first-order chi connectivity index (χ1) is 14.7. The molecule has 2 aromatic rings. The smallest absolute Gasteiger partial charge is 0.242 e. The number of ether oxygens (including phenoxy) is 1. The summed E-state index contributed by atoms with van der Waals surface area (Å²) in [7, 11) is 0. The van der Waals surface area contributed by atoms with Gasteiger partial charge in [-0.2, -0.15) is 0 Å². The van der Waals surface area contributed by atoms with Crippen LogP contribution in [0.5, 0.6) is 0 Å². The van der Waals surface area contributed by atoms with Gasteiger partial charge in [0.25, 0.3) is 0 Å². The predicted octanol–water partition coefficient (Wildman–Crippen LogP) is 4.17. The Bertz CT molecular complexity index is 863. The number of nitrogens with zero attached hydrogens (tertiary/aromatic N) is 2. The first-order valence-corrected chi connectivity index (χ1v) is 11.0. The minimum Gasteiger partial charge on any atom is -0.464 e. The molecule has 2 amide bonds. The van der Waals surface area contributed by atoms with Crippen LogP contribution in [0.25, 0.3) is 0 Å². The molecule has 6 heteroatoms. The van der Waals surface area contributed by atoms with Crippen molar-refractivity contribution in [1.29, 1.82) is 0 Å². The predicted molar refractivity (Wildman–Crippen MR) is 119 cm³/mol. The number of rotatable bonds is 8. The van der Waals surface area contributed by atoms with Crippen LogP contribution in [0.4, 0.5) is 0 Å². The lowest BCUT2D eigenvalue weighted by Gasteiger charge is -2.32. The zero-order valence-electron chi connectivity index (χ0n) is 19.1. The van der Waals surface area contributed by atoms with Gasteiger partial charge < -0.3 is 19.0 Å². The number of amides is 2. The van der Waals surface area contributed by atoms with Gasteiger partial charge in [-0.05, 0) is 37.5 Å². The van der Waals surface area contributed by atoms with Gasteiger partial charge in [0, 0.05) is 25.1 Å². The molecule has 1 saturated heterocycles. The Kier molecular flexibility index (Phi) is 7.55. The minimum absolute atomic E-state index is 0.00519. The van der Waals surface area contributed by atoms with E-state index in [9.17, 15) is 9.59 Å². The molecule has 31 heavy (non-hydrogen) atoms. The molecule has 1 aliphatic rings.